The van der Waals surface area contributed by atoms with E-state index in [1.807, 2.05) is 48.5 Å². The zero-order valence-electron chi connectivity index (χ0n) is 19.9. The Kier molecular flexibility index (Phi) is 8.46. The Morgan fingerprint density at radius 3 is 2.03 bits per heavy atom. The molecule has 0 spiro atoms. The lowest BCUT2D eigenvalue weighted by Gasteiger charge is -2.24. The van der Waals surface area contributed by atoms with Gasteiger partial charge < -0.3 is 25.2 Å². The van der Waals surface area contributed by atoms with Gasteiger partial charge in [-0.05, 0) is 34.6 Å². The van der Waals surface area contributed by atoms with Gasteiger partial charge in [0.25, 0.3) is 0 Å². The number of ether oxygens (including phenoxy) is 2. The number of hydrogen-bond donors (Lipinski definition) is 3. The van der Waals surface area contributed by atoms with E-state index in [2.05, 4.69) is 15.4 Å². The molecule has 2 atom stereocenters. The molecule has 0 heterocycles. The van der Waals surface area contributed by atoms with Crippen LogP contribution in [0.4, 0.5) is 4.79 Å². The summed E-state index contributed by atoms with van der Waals surface area (Å²) in [5, 5.41) is 14.3. The van der Waals surface area contributed by atoms with Gasteiger partial charge in [0.2, 0.25) is 5.91 Å². The maximum atomic E-state index is 12.8. The van der Waals surface area contributed by atoms with Crippen LogP contribution < -0.4 is 10.6 Å². The summed E-state index contributed by atoms with van der Waals surface area (Å²) in [5.74, 6) is -3.01. The molecule has 9 heteroatoms. The summed E-state index contributed by atoms with van der Waals surface area (Å²) < 4.78 is 10.0. The minimum Gasteiger partial charge on any atom is -0.480 e. The molecule has 2 aromatic rings. The topological polar surface area (TPSA) is 131 Å². The van der Waals surface area contributed by atoms with Crippen LogP contribution >= 0.6 is 0 Å². The number of carboxylic acids is 1. The quantitative estimate of drug-likeness (QED) is 0.444. The average Bonchev–Trinajstić information content (AvgIpc) is 3.16. The molecule has 0 saturated carbocycles. The summed E-state index contributed by atoms with van der Waals surface area (Å²) in [6.07, 6.45) is -1.08. The molecule has 9 nitrogen and oxygen atoms in total. The first-order valence-electron chi connectivity index (χ1n) is 11.4. The summed E-state index contributed by atoms with van der Waals surface area (Å²) in [5.41, 5.74) is 4.33. The van der Waals surface area contributed by atoms with E-state index in [1.165, 1.54) is 7.11 Å². The lowest BCUT2D eigenvalue weighted by atomic mass is 9.98. The SMILES string of the molecule is COC(=O)CCC(NC(=O)[C@H](NC(=O)OCC1c2ccccc2-c2ccccc21)C(C)C)C(=O)O. The zero-order valence-corrected chi connectivity index (χ0v) is 19.9. The Morgan fingerprint density at radius 1 is 0.943 bits per heavy atom. The second-order valence-corrected chi connectivity index (χ2v) is 8.71. The van der Waals surface area contributed by atoms with Crippen molar-refractivity contribution in [3.05, 3.63) is 59.7 Å². The molecule has 1 aliphatic carbocycles. The van der Waals surface area contributed by atoms with E-state index < -0.39 is 36.0 Å². The van der Waals surface area contributed by atoms with Crippen molar-refractivity contribution in [3.8, 4) is 11.1 Å². The van der Waals surface area contributed by atoms with Gasteiger partial charge in [0.15, 0.2) is 0 Å². The Morgan fingerprint density at radius 2 is 1.51 bits per heavy atom. The van der Waals surface area contributed by atoms with E-state index >= 15 is 0 Å². The van der Waals surface area contributed by atoms with Crippen molar-refractivity contribution in [2.24, 2.45) is 5.92 Å². The zero-order chi connectivity index (χ0) is 25.5. The first-order valence-corrected chi connectivity index (χ1v) is 11.4. The van der Waals surface area contributed by atoms with Gasteiger partial charge in [-0.1, -0.05) is 62.4 Å². The second-order valence-electron chi connectivity index (χ2n) is 8.71. The first-order chi connectivity index (χ1) is 16.7. The number of aliphatic carboxylic acids is 1. The summed E-state index contributed by atoms with van der Waals surface area (Å²) >= 11 is 0. The summed E-state index contributed by atoms with van der Waals surface area (Å²) in [6.45, 7) is 3.53. The molecular weight excluding hydrogens is 452 g/mol. The van der Waals surface area contributed by atoms with Crippen molar-refractivity contribution in [2.45, 2.75) is 44.7 Å². The van der Waals surface area contributed by atoms with E-state index in [4.69, 9.17) is 4.74 Å². The third kappa shape index (κ3) is 6.17. The Labute approximate surface area is 203 Å². The second kappa shape index (κ2) is 11.5. The van der Waals surface area contributed by atoms with Crippen molar-refractivity contribution < 1.29 is 33.8 Å². The molecule has 0 aliphatic heterocycles. The third-order valence-electron chi connectivity index (χ3n) is 6.05. The van der Waals surface area contributed by atoms with Gasteiger partial charge in [-0.25, -0.2) is 9.59 Å². The maximum Gasteiger partial charge on any atom is 0.407 e. The van der Waals surface area contributed by atoms with E-state index in [1.54, 1.807) is 13.8 Å². The van der Waals surface area contributed by atoms with E-state index in [0.717, 1.165) is 22.3 Å². The molecule has 35 heavy (non-hydrogen) atoms. The number of fused-ring (bicyclic) bond motifs is 3. The molecule has 186 valence electrons. The molecule has 3 N–H and O–H groups in total. The number of rotatable bonds is 10. The van der Waals surface area contributed by atoms with Crippen LogP contribution in [-0.2, 0) is 23.9 Å². The standard InChI is InChI=1S/C26H30N2O7/c1-15(2)23(24(30)27-21(25(31)32)12-13-22(29)34-3)28-26(33)35-14-20-18-10-6-4-8-16(18)17-9-5-7-11-19(17)20/h4-11,15,20-21,23H,12-14H2,1-3H3,(H,27,30)(H,28,33)(H,31,32)/t21?,23-/m1/s1. The number of carbonyl (C=O) groups excluding carboxylic acids is 3. The van der Waals surface area contributed by atoms with Crippen LogP contribution in [0.5, 0.6) is 0 Å². The molecule has 0 saturated heterocycles. The first kappa shape index (κ1) is 25.7. The predicted molar refractivity (Wildman–Crippen MR) is 128 cm³/mol. The molecule has 2 amide bonds. The fraction of sp³-hybridized carbons (Fsp3) is 0.385. The average molecular weight is 483 g/mol. The predicted octanol–water partition coefficient (Wildman–Crippen LogP) is 3.07. The summed E-state index contributed by atoms with van der Waals surface area (Å²) in [4.78, 5) is 48.3. The largest absolute Gasteiger partial charge is 0.480 e. The highest BCUT2D eigenvalue weighted by Gasteiger charge is 2.32. The highest BCUT2D eigenvalue weighted by Crippen LogP contribution is 2.44. The number of nitrogens with one attached hydrogen (secondary N) is 2. The van der Waals surface area contributed by atoms with Crippen LogP contribution in [-0.4, -0.2) is 54.8 Å². The van der Waals surface area contributed by atoms with Crippen molar-refractivity contribution in [3.63, 3.8) is 0 Å². The van der Waals surface area contributed by atoms with E-state index in [-0.39, 0.29) is 31.3 Å². The minimum atomic E-state index is -1.30. The van der Waals surface area contributed by atoms with Crippen LogP contribution in [0.1, 0.15) is 43.7 Å². The molecule has 0 radical (unpaired) electrons. The molecule has 1 unspecified atom stereocenters. The van der Waals surface area contributed by atoms with Gasteiger partial charge in [0.05, 0.1) is 7.11 Å². The van der Waals surface area contributed by atoms with Crippen molar-refractivity contribution in [1.29, 1.82) is 0 Å². The number of alkyl carbamates (subject to hydrolysis) is 1. The van der Waals surface area contributed by atoms with E-state index in [0.29, 0.717) is 0 Å². The summed E-state index contributed by atoms with van der Waals surface area (Å²) in [7, 11) is 1.20. The number of amides is 2. The van der Waals surface area contributed by atoms with Gasteiger partial charge in [-0.15, -0.1) is 0 Å². The maximum absolute atomic E-state index is 12.8. The van der Waals surface area contributed by atoms with Gasteiger partial charge >= 0.3 is 18.0 Å². The fourth-order valence-corrected chi connectivity index (χ4v) is 4.19. The monoisotopic (exact) mass is 482 g/mol. The number of carboxylic acid groups (broad SMARTS) is 1. The lowest BCUT2D eigenvalue weighted by Crippen LogP contribution is -2.53. The number of benzene rings is 2. The van der Waals surface area contributed by atoms with Crippen LogP contribution in [0.25, 0.3) is 11.1 Å². The molecule has 2 aromatic carbocycles. The van der Waals surface area contributed by atoms with Crippen molar-refractivity contribution >= 4 is 23.9 Å². The van der Waals surface area contributed by atoms with Gasteiger partial charge in [0.1, 0.15) is 18.7 Å². The van der Waals surface area contributed by atoms with Gasteiger partial charge in [-0.2, -0.15) is 0 Å². The number of carbonyl (C=O) groups is 4. The van der Waals surface area contributed by atoms with Crippen molar-refractivity contribution in [2.75, 3.05) is 13.7 Å². The Balaban J connectivity index is 1.63. The van der Waals surface area contributed by atoms with Crippen LogP contribution in [0.15, 0.2) is 48.5 Å². The van der Waals surface area contributed by atoms with E-state index in [9.17, 15) is 24.3 Å². The van der Waals surface area contributed by atoms with Crippen molar-refractivity contribution in [1.82, 2.24) is 10.6 Å². The Bertz CT molecular complexity index is 1050. The lowest BCUT2D eigenvalue weighted by molar-refractivity contribution is -0.144. The molecule has 0 bridgehead atoms. The molecule has 0 aromatic heterocycles. The minimum absolute atomic E-state index is 0.0865. The fourth-order valence-electron chi connectivity index (χ4n) is 4.19. The smallest absolute Gasteiger partial charge is 0.407 e. The van der Waals surface area contributed by atoms with Gasteiger partial charge in [0, 0.05) is 12.3 Å². The Hall–Kier alpha value is -3.88. The summed E-state index contributed by atoms with van der Waals surface area (Å²) in [6, 6.07) is 13.6. The van der Waals surface area contributed by atoms with Crippen LogP contribution in [0.3, 0.4) is 0 Å². The number of hydrogen-bond acceptors (Lipinski definition) is 6. The number of esters is 1. The molecule has 0 fully saturated rings. The molecular formula is C26H30N2O7. The highest BCUT2D eigenvalue weighted by molar-refractivity contribution is 5.89. The van der Waals surface area contributed by atoms with Gasteiger partial charge in [-0.3, -0.25) is 9.59 Å². The van der Waals surface area contributed by atoms with Crippen LogP contribution in [0.2, 0.25) is 0 Å². The normalized spacial score (nSPS) is 13.8. The molecule has 1 aliphatic rings. The third-order valence-corrected chi connectivity index (χ3v) is 6.05. The molecule has 3 rings (SSSR count). The highest BCUT2D eigenvalue weighted by atomic mass is 16.5. The number of methoxy groups -OCH3 is 1. The van der Waals surface area contributed by atoms with Crippen LogP contribution in [0, 0.1) is 5.92 Å².